The molecule has 0 amide bonds. The average Bonchev–Trinajstić information content (AvgIpc) is 2.88. The predicted octanol–water partition coefficient (Wildman–Crippen LogP) is 3.31. The first-order valence-corrected chi connectivity index (χ1v) is 5.93. The first kappa shape index (κ1) is 11.3. The topological polar surface area (TPSA) is 61.9 Å². The molecule has 0 spiro atoms. The van der Waals surface area contributed by atoms with Gasteiger partial charge in [-0.2, -0.15) is 10.2 Å². The van der Waals surface area contributed by atoms with Crippen molar-refractivity contribution in [1.29, 1.82) is 5.26 Å². The van der Waals surface area contributed by atoms with Crippen LogP contribution in [0.3, 0.4) is 0 Å². The van der Waals surface area contributed by atoms with E-state index in [4.69, 9.17) is 9.68 Å². The van der Waals surface area contributed by atoms with Gasteiger partial charge in [0.1, 0.15) is 5.52 Å². The van der Waals surface area contributed by atoms with Crippen molar-refractivity contribution in [1.82, 2.24) is 4.98 Å². The molecule has 0 saturated heterocycles. The smallest absolute Gasteiger partial charge is 0.295 e. The van der Waals surface area contributed by atoms with Crippen LogP contribution in [-0.4, -0.2) is 4.98 Å². The van der Waals surface area contributed by atoms with E-state index in [0.717, 1.165) is 16.7 Å². The molecule has 0 aliphatic heterocycles. The van der Waals surface area contributed by atoms with Crippen molar-refractivity contribution < 1.29 is 4.42 Å². The highest BCUT2D eigenvalue weighted by molar-refractivity contribution is 5.74. The lowest BCUT2D eigenvalue weighted by Gasteiger charge is -2.01. The van der Waals surface area contributed by atoms with Crippen molar-refractivity contribution >= 4 is 17.1 Å². The summed E-state index contributed by atoms with van der Waals surface area (Å²) in [6, 6.07) is 17.6. The van der Waals surface area contributed by atoms with E-state index in [0.29, 0.717) is 18.1 Å². The maximum Gasteiger partial charge on any atom is 0.295 e. The lowest BCUT2D eigenvalue weighted by molar-refractivity contribution is 0.614. The molecule has 0 aliphatic rings. The zero-order valence-electron chi connectivity index (χ0n) is 10.1. The summed E-state index contributed by atoms with van der Waals surface area (Å²) in [4.78, 5) is 4.33. The zero-order valence-corrected chi connectivity index (χ0v) is 10.1. The Morgan fingerprint density at radius 2 is 1.89 bits per heavy atom. The molecule has 1 heterocycles. The summed E-state index contributed by atoms with van der Waals surface area (Å²) < 4.78 is 5.56. The minimum Gasteiger partial charge on any atom is -0.424 e. The number of oxazole rings is 1. The monoisotopic (exact) mass is 249 g/mol. The minimum atomic E-state index is 0.505. The van der Waals surface area contributed by atoms with Gasteiger partial charge in [0.05, 0.1) is 11.6 Å². The molecule has 92 valence electrons. The van der Waals surface area contributed by atoms with Gasteiger partial charge in [-0.1, -0.05) is 24.3 Å². The molecular formula is C15H11N3O. The molecule has 1 N–H and O–H groups in total. The zero-order chi connectivity index (χ0) is 13.1. The number of hydrogen-bond donors (Lipinski definition) is 1. The van der Waals surface area contributed by atoms with Gasteiger partial charge >= 0.3 is 0 Å². The number of fused-ring (bicyclic) bond motifs is 1. The Balaban J connectivity index is 1.73. The Labute approximate surface area is 110 Å². The predicted molar refractivity (Wildman–Crippen MR) is 72.5 cm³/mol. The molecule has 3 rings (SSSR count). The lowest BCUT2D eigenvalue weighted by atomic mass is 10.1. The highest BCUT2D eigenvalue weighted by atomic mass is 16.4. The highest BCUT2D eigenvalue weighted by Crippen LogP contribution is 2.18. The van der Waals surface area contributed by atoms with E-state index < -0.39 is 0 Å². The van der Waals surface area contributed by atoms with Crippen LogP contribution in [0.25, 0.3) is 11.1 Å². The van der Waals surface area contributed by atoms with Gasteiger partial charge in [0.25, 0.3) is 6.01 Å². The fourth-order valence-electron chi connectivity index (χ4n) is 1.82. The van der Waals surface area contributed by atoms with Gasteiger partial charge in [-0.25, -0.2) is 0 Å². The van der Waals surface area contributed by atoms with Gasteiger partial charge in [-0.3, -0.25) is 0 Å². The summed E-state index contributed by atoms with van der Waals surface area (Å²) in [6.45, 7) is 0.610. The normalized spacial score (nSPS) is 10.3. The van der Waals surface area contributed by atoms with Gasteiger partial charge < -0.3 is 9.73 Å². The molecule has 4 nitrogen and oxygen atoms in total. The number of nitrogens with one attached hydrogen (secondary N) is 1. The van der Waals surface area contributed by atoms with E-state index in [9.17, 15) is 0 Å². The van der Waals surface area contributed by atoms with Crippen molar-refractivity contribution in [3.8, 4) is 6.07 Å². The summed E-state index contributed by atoms with van der Waals surface area (Å²) >= 11 is 0. The maximum atomic E-state index is 8.73. The second-order valence-electron chi connectivity index (χ2n) is 4.15. The third-order valence-electron chi connectivity index (χ3n) is 2.82. The van der Waals surface area contributed by atoms with Crippen LogP contribution >= 0.6 is 0 Å². The van der Waals surface area contributed by atoms with E-state index in [1.807, 2.05) is 36.4 Å². The van der Waals surface area contributed by atoms with Crippen molar-refractivity contribution in [2.24, 2.45) is 0 Å². The molecule has 0 saturated carbocycles. The lowest BCUT2D eigenvalue weighted by Crippen LogP contribution is -1.99. The molecule has 0 aliphatic carbocycles. The fraction of sp³-hybridized carbons (Fsp3) is 0.0667. The van der Waals surface area contributed by atoms with Crippen LogP contribution < -0.4 is 5.32 Å². The summed E-state index contributed by atoms with van der Waals surface area (Å²) in [5.74, 6) is 0. The molecule has 4 heteroatoms. The van der Waals surface area contributed by atoms with Crippen molar-refractivity contribution in [2.45, 2.75) is 6.54 Å². The van der Waals surface area contributed by atoms with E-state index in [2.05, 4.69) is 16.4 Å². The fourth-order valence-corrected chi connectivity index (χ4v) is 1.82. The summed E-state index contributed by atoms with van der Waals surface area (Å²) in [7, 11) is 0. The Hall–Kier alpha value is -2.80. The van der Waals surface area contributed by atoms with Crippen LogP contribution in [-0.2, 0) is 6.54 Å². The van der Waals surface area contributed by atoms with E-state index >= 15 is 0 Å². The highest BCUT2D eigenvalue weighted by Gasteiger charge is 2.04. The van der Waals surface area contributed by atoms with Gasteiger partial charge in [0.2, 0.25) is 0 Å². The molecule has 0 atom stereocenters. The molecule has 0 unspecified atom stereocenters. The van der Waals surface area contributed by atoms with Crippen molar-refractivity contribution in [3.05, 3.63) is 59.7 Å². The van der Waals surface area contributed by atoms with Gasteiger partial charge in [0, 0.05) is 6.54 Å². The second-order valence-corrected chi connectivity index (χ2v) is 4.15. The average molecular weight is 249 g/mol. The number of nitriles is 1. The van der Waals surface area contributed by atoms with Crippen molar-refractivity contribution in [2.75, 3.05) is 5.32 Å². The quantitative estimate of drug-likeness (QED) is 0.773. The molecule has 3 aromatic rings. The summed E-state index contributed by atoms with van der Waals surface area (Å²) in [6.07, 6.45) is 0. The van der Waals surface area contributed by atoms with Crippen LogP contribution in [0.15, 0.2) is 52.9 Å². The Kier molecular flexibility index (Phi) is 2.87. The molecule has 19 heavy (non-hydrogen) atoms. The van der Waals surface area contributed by atoms with Crippen molar-refractivity contribution in [3.63, 3.8) is 0 Å². The van der Waals surface area contributed by atoms with Crippen LogP contribution in [0.2, 0.25) is 0 Å². The third kappa shape index (κ3) is 2.40. The van der Waals surface area contributed by atoms with E-state index in [1.165, 1.54) is 0 Å². The minimum absolute atomic E-state index is 0.505. The number of benzene rings is 2. The summed E-state index contributed by atoms with van der Waals surface area (Å²) in [5.41, 5.74) is 3.33. The molecule has 2 aromatic carbocycles. The first-order chi connectivity index (χ1) is 9.35. The van der Waals surface area contributed by atoms with Gasteiger partial charge in [0.15, 0.2) is 5.58 Å². The van der Waals surface area contributed by atoms with E-state index in [1.54, 1.807) is 12.1 Å². The van der Waals surface area contributed by atoms with Crippen LogP contribution in [0, 0.1) is 11.3 Å². The maximum absolute atomic E-state index is 8.73. The number of anilines is 1. The Morgan fingerprint density at radius 3 is 2.63 bits per heavy atom. The number of aromatic nitrogens is 1. The first-order valence-electron chi connectivity index (χ1n) is 5.93. The Morgan fingerprint density at radius 1 is 1.11 bits per heavy atom. The largest absolute Gasteiger partial charge is 0.424 e. The van der Waals surface area contributed by atoms with Crippen LogP contribution in [0.1, 0.15) is 11.1 Å². The number of para-hydroxylation sites is 2. The van der Waals surface area contributed by atoms with Gasteiger partial charge in [-0.15, -0.1) is 0 Å². The van der Waals surface area contributed by atoms with Crippen LogP contribution in [0.4, 0.5) is 6.01 Å². The number of nitrogens with zero attached hydrogens (tertiary/aromatic N) is 2. The SMILES string of the molecule is N#Cc1ccc(CNc2nc3ccccc3o2)cc1. The van der Waals surface area contributed by atoms with Crippen LogP contribution in [0.5, 0.6) is 0 Å². The molecule has 0 radical (unpaired) electrons. The third-order valence-corrected chi connectivity index (χ3v) is 2.82. The molecule has 1 aromatic heterocycles. The molecule has 0 bridgehead atoms. The number of rotatable bonds is 3. The number of hydrogen-bond acceptors (Lipinski definition) is 4. The standard InChI is InChI=1S/C15H11N3O/c16-9-11-5-7-12(8-6-11)10-17-15-18-13-3-1-2-4-14(13)19-15/h1-8H,10H2,(H,17,18). The molecule has 0 fully saturated rings. The Bertz CT molecular complexity index is 705. The van der Waals surface area contributed by atoms with Gasteiger partial charge in [-0.05, 0) is 29.8 Å². The second kappa shape index (κ2) is 4.83. The molecular weight excluding hydrogens is 238 g/mol. The summed E-state index contributed by atoms with van der Waals surface area (Å²) in [5, 5.41) is 11.9. The van der Waals surface area contributed by atoms with E-state index in [-0.39, 0.29) is 0 Å².